The Balaban J connectivity index is 2.27. The zero-order chi connectivity index (χ0) is 13.7. The van der Waals surface area contributed by atoms with Gasteiger partial charge in [0, 0.05) is 9.79 Å². The van der Waals surface area contributed by atoms with E-state index in [1.807, 2.05) is 55.5 Å². The van der Waals surface area contributed by atoms with Crippen LogP contribution in [0.15, 0.2) is 58.3 Å². The second-order valence-electron chi connectivity index (χ2n) is 4.24. The van der Waals surface area contributed by atoms with Crippen LogP contribution in [0.3, 0.4) is 0 Å². The molecule has 19 heavy (non-hydrogen) atoms. The zero-order valence-corrected chi connectivity index (χ0v) is 12.0. The van der Waals surface area contributed by atoms with E-state index in [2.05, 4.69) is 0 Å². The molecule has 0 heterocycles. The number of aliphatic hydroxyl groups is 1. The molecule has 1 atom stereocenters. The molecule has 2 rings (SSSR count). The number of hydrogen-bond acceptors (Lipinski definition) is 3. The number of ether oxygens (including phenoxy) is 1. The van der Waals surface area contributed by atoms with Crippen LogP contribution in [0, 0.1) is 0 Å². The molecular weight excluding hydrogens is 256 g/mol. The van der Waals surface area contributed by atoms with Crippen molar-refractivity contribution in [2.24, 2.45) is 0 Å². The lowest BCUT2D eigenvalue weighted by Crippen LogP contribution is -1.97. The van der Waals surface area contributed by atoms with Gasteiger partial charge in [-0.15, -0.1) is 0 Å². The van der Waals surface area contributed by atoms with E-state index < -0.39 is 6.10 Å². The van der Waals surface area contributed by atoms with Gasteiger partial charge in [0.05, 0.1) is 13.2 Å². The third kappa shape index (κ3) is 3.52. The van der Waals surface area contributed by atoms with Crippen molar-refractivity contribution < 1.29 is 9.84 Å². The maximum absolute atomic E-state index is 10.1. The monoisotopic (exact) mass is 274 g/mol. The van der Waals surface area contributed by atoms with Gasteiger partial charge in [-0.05, 0) is 36.2 Å². The Morgan fingerprint density at radius 3 is 2.68 bits per heavy atom. The van der Waals surface area contributed by atoms with Crippen LogP contribution in [-0.2, 0) is 0 Å². The van der Waals surface area contributed by atoms with Gasteiger partial charge in [-0.3, -0.25) is 0 Å². The molecule has 1 N–H and O–H groups in total. The first-order valence-electron chi connectivity index (χ1n) is 6.33. The summed E-state index contributed by atoms with van der Waals surface area (Å²) in [5.74, 6) is 0.846. The largest absolute Gasteiger partial charge is 0.497 e. The second-order valence-corrected chi connectivity index (χ2v) is 5.36. The summed E-state index contributed by atoms with van der Waals surface area (Å²) in [6.07, 6.45) is 0.310. The topological polar surface area (TPSA) is 29.5 Å². The molecule has 2 aromatic carbocycles. The van der Waals surface area contributed by atoms with Crippen LogP contribution < -0.4 is 4.74 Å². The van der Waals surface area contributed by atoms with Crippen molar-refractivity contribution in [3.05, 3.63) is 54.1 Å². The molecule has 0 fully saturated rings. The van der Waals surface area contributed by atoms with Crippen molar-refractivity contribution >= 4 is 11.8 Å². The lowest BCUT2D eigenvalue weighted by atomic mass is 10.1. The first-order chi connectivity index (χ1) is 9.24. The van der Waals surface area contributed by atoms with Crippen LogP contribution in [0.25, 0.3) is 0 Å². The Hall–Kier alpha value is -1.45. The van der Waals surface area contributed by atoms with Crippen molar-refractivity contribution in [2.75, 3.05) is 7.11 Å². The molecule has 2 aromatic rings. The van der Waals surface area contributed by atoms with Crippen LogP contribution in [-0.4, -0.2) is 12.2 Å². The molecule has 0 saturated carbocycles. The smallest absolute Gasteiger partial charge is 0.119 e. The van der Waals surface area contributed by atoms with Gasteiger partial charge in [-0.2, -0.15) is 0 Å². The molecule has 100 valence electrons. The van der Waals surface area contributed by atoms with Crippen molar-refractivity contribution in [1.82, 2.24) is 0 Å². The summed E-state index contributed by atoms with van der Waals surface area (Å²) in [6.45, 7) is 1.98. The molecule has 0 aliphatic rings. The van der Waals surface area contributed by atoms with Crippen molar-refractivity contribution in [3.8, 4) is 5.75 Å². The molecule has 0 aliphatic carbocycles. The van der Waals surface area contributed by atoms with Gasteiger partial charge in [-0.1, -0.05) is 43.0 Å². The maximum Gasteiger partial charge on any atom is 0.119 e. The highest BCUT2D eigenvalue weighted by Crippen LogP contribution is 2.35. The van der Waals surface area contributed by atoms with E-state index in [0.717, 1.165) is 27.5 Å². The highest BCUT2D eigenvalue weighted by molar-refractivity contribution is 7.99. The number of rotatable bonds is 5. The highest BCUT2D eigenvalue weighted by atomic mass is 32.2. The lowest BCUT2D eigenvalue weighted by molar-refractivity contribution is 0.171. The van der Waals surface area contributed by atoms with Crippen LogP contribution in [0.5, 0.6) is 5.75 Å². The predicted octanol–water partition coefficient (Wildman–Crippen LogP) is 4.29. The molecular formula is C16H18O2S. The third-order valence-corrected chi connectivity index (χ3v) is 4.02. The summed E-state index contributed by atoms with van der Waals surface area (Å²) in [4.78, 5) is 2.19. The molecule has 0 aliphatic heterocycles. The fourth-order valence-corrected chi connectivity index (χ4v) is 2.90. The summed E-state index contributed by atoms with van der Waals surface area (Å²) >= 11 is 1.65. The molecule has 0 amide bonds. The van der Waals surface area contributed by atoms with Gasteiger partial charge in [-0.25, -0.2) is 0 Å². The molecule has 0 aromatic heterocycles. The fraction of sp³-hybridized carbons (Fsp3) is 0.250. The average Bonchev–Trinajstić information content (AvgIpc) is 2.47. The SMILES string of the molecule is CCC(O)c1ccccc1Sc1cccc(OC)c1. The summed E-state index contributed by atoms with van der Waals surface area (Å²) in [5, 5.41) is 10.1. The van der Waals surface area contributed by atoms with Crippen molar-refractivity contribution in [1.29, 1.82) is 0 Å². The van der Waals surface area contributed by atoms with E-state index in [9.17, 15) is 5.11 Å². The van der Waals surface area contributed by atoms with Gasteiger partial charge in [0.15, 0.2) is 0 Å². The van der Waals surface area contributed by atoms with Crippen molar-refractivity contribution in [3.63, 3.8) is 0 Å². The Labute approximate surface area is 118 Å². The average molecular weight is 274 g/mol. The fourth-order valence-electron chi connectivity index (χ4n) is 1.86. The van der Waals surface area contributed by atoms with E-state index in [4.69, 9.17) is 4.74 Å². The second kappa shape index (κ2) is 6.64. The summed E-state index contributed by atoms with van der Waals surface area (Å²) in [5.41, 5.74) is 0.984. The summed E-state index contributed by atoms with van der Waals surface area (Å²) in [6, 6.07) is 15.9. The van der Waals surface area contributed by atoms with E-state index >= 15 is 0 Å². The lowest BCUT2D eigenvalue weighted by Gasteiger charge is -2.13. The van der Waals surface area contributed by atoms with Crippen LogP contribution in [0.1, 0.15) is 25.0 Å². The Kier molecular flexibility index (Phi) is 4.88. The molecule has 0 bridgehead atoms. The Morgan fingerprint density at radius 2 is 1.95 bits per heavy atom. The standard InChI is InChI=1S/C16H18O2S/c1-3-15(17)14-9-4-5-10-16(14)19-13-8-6-7-12(11-13)18-2/h4-11,15,17H,3H2,1-2H3. The van der Waals surface area contributed by atoms with Crippen molar-refractivity contribution in [2.45, 2.75) is 29.2 Å². The normalized spacial score (nSPS) is 12.2. The Morgan fingerprint density at radius 1 is 1.16 bits per heavy atom. The molecule has 0 spiro atoms. The molecule has 2 nitrogen and oxygen atoms in total. The summed E-state index contributed by atoms with van der Waals surface area (Å²) < 4.78 is 5.23. The minimum atomic E-state index is -0.408. The minimum absolute atomic E-state index is 0.408. The highest BCUT2D eigenvalue weighted by Gasteiger charge is 2.11. The van der Waals surface area contributed by atoms with Gasteiger partial charge in [0.2, 0.25) is 0 Å². The quantitative estimate of drug-likeness (QED) is 0.882. The molecule has 0 saturated heterocycles. The van der Waals surface area contributed by atoms with Crippen LogP contribution in [0.2, 0.25) is 0 Å². The number of aliphatic hydroxyl groups excluding tert-OH is 1. The van der Waals surface area contributed by atoms with E-state index in [1.54, 1.807) is 18.9 Å². The molecule has 3 heteroatoms. The van der Waals surface area contributed by atoms with Gasteiger partial charge in [0.1, 0.15) is 5.75 Å². The first kappa shape index (κ1) is 14.0. The third-order valence-electron chi connectivity index (χ3n) is 2.93. The van der Waals surface area contributed by atoms with E-state index in [1.165, 1.54) is 0 Å². The number of hydrogen-bond donors (Lipinski definition) is 1. The van der Waals surface area contributed by atoms with E-state index in [-0.39, 0.29) is 0 Å². The van der Waals surface area contributed by atoms with Crippen LogP contribution in [0.4, 0.5) is 0 Å². The molecule has 0 radical (unpaired) electrons. The van der Waals surface area contributed by atoms with Crippen LogP contribution >= 0.6 is 11.8 Å². The van der Waals surface area contributed by atoms with Gasteiger partial charge in [0.25, 0.3) is 0 Å². The first-order valence-corrected chi connectivity index (χ1v) is 7.15. The summed E-state index contributed by atoms with van der Waals surface area (Å²) in [7, 11) is 1.67. The number of methoxy groups -OCH3 is 1. The maximum atomic E-state index is 10.1. The van der Waals surface area contributed by atoms with Gasteiger partial charge >= 0.3 is 0 Å². The zero-order valence-electron chi connectivity index (χ0n) is 11.2. The number of benzene rings is 2. The van der Waals surface area contributed by atoms with Gasteiger partial charge < -0.3 is 9.84 Å². The Bertz CT molecular complexity index is 540. The molecule has 1 unspecified atom stereocenters. The van der Waals surface area contributed by atoms with E-state index in [0.29, 0.717) is 0 Å². The minimum Gasteiger partial charge on any atom is -0.497 e. The predicted molar refractivity (Wildman–Crippen MR) is 78.8 cm³/mol.